The van der Waals surface area contributed by atoms with E-state index in [9.17, 15) is 19.7 Å². The highest BCUT2D eigenvalue weighted by Gasteiger charge is 2.23. The summed E-state index contributed by atoms with van der Waals surface area (Å²) in [6.07, 6.45) is 3.68. The summed E-state index contributed by atoms with van der Waals surface area (Å²) >= 11 is 0. The van der Waals surface area contributed by atoms with Crippen molar-refractivity contribution in [1.29, 1.82) is 0 Å². The zero-order valence-electron chi connectivity index (χ0n) is 16.2. The van der Waals surface area contributed by atoms with Crippen molar-refractivity contribution in [3.8, 4) is 0 Å². The minimum atomic E-state index is -0.833. The first-order chi connectivity index (χ1) is 13.4. The molecule has 0 spiro atoms. The van der Waals surface area contributed by atoms with E-state index in [1.54, 1.807) is 12.1 Å². The molecule has 1 amide bonds. The van der Waals surface area contributed by atoms with Gasteiger partial charge in [-0.25, -0.2) is 0 Å². The summed E-state index contributed by atoms with van der Waals surface area (Å²) < 4.78 is 0. The van der Waals surface area contributed by atoms with Crippen LogP contribution in [0.4, 0.5) is 11.4 Å². The normalized spacial score (nSPS) is 17.2. The number of carbonyl (C=O) groups is 2. The van der Waals surface area contributed by atoms with Crippen molar-refractivity contribution in [2.45, 2.75) is 38.1 Å². The molecule has 154 valence electrons. The van der Waals surface area contributed by atoms with Crippen LogP contribution >= 0.6 is 0 Å². The molecule has 9 nitrogen and oxygen atoms in total. The molecule has 2 N–H and O–H groups in total. The minimum absolute atomic E-state index is 0.0208. The number of nitrogens with zero attached hydrogens (tertiary/aromatic N) is 3. The number of carbonyl (C=O) groups excluding carboxylic acids is 1. The van der Waals surface area contributed by atoms with E-state index in [1.165, 1.54) is 12.1 Å². The number of hydrogen-bond donors (Lipinski definition) is 2. The topological polar surface area (TPSA) is 116 Å². The Bertz CT molecular complexity index is 679. The number of non-ortho nitro benzene ring substituents is 1. The van der Waals surface area contributed by atoms with Crippen LogP contribution in [0.25, 0.3) is 0 Å². The molecule has 28 heavy (non-hydrogen) atoms. The number of benzene rings is 1. The van der Waals surface area contributed by atoms with Gasteiger partial charge in [-0.15, -0.1) is 0 Å². The van der Waals surface area contributed by atoms with Gasteiger partial charge in [0.05, 0.1) is 11.5 Å². The number of carboxylic acids is 1. The van der Waals surface area contributed by atoms with Crippen LogP contribution in [-0.2, 0) is 9.59 Å². The molecule has 1 unspecified atom stereocenters. The van der Waals surface area contributed by atoms with E-state index in [4.69, 9.17) is 5.11 Å². The molecule has 1 aromatic carbocycles. The summed E-state index contributed by atoms with van der Waals surface area (Å²) in [6, 6.07) is 6.40. The number of nitro groups is 1. The van der Waals surface area contributed by atoms with E-state index in [0.717, 1.165) is 24.9 Å². The van der Waals surface area contributed by atoms with Crippen LogP contribution in [0.5, 0.6) is 0 Å². The Hall–Kier alpha value is -2.68. The molecule has 1 fully saturated rings. The lowest BCUT2D eigenvalue weighted by atomic mass is 10.1. The minimum Gasteiger partial charge on any atom is -0.480 e. The van der Waals surface area contributed by atoms with Crippen LogP contribution in [0.15, 0.2) is 24.3 Å². The van der Waals surface area contributed by atoms with Crippen molar-refractivity contribution in [2.75, 3.05) is 38.5 Å². The van der Waals surface area contributed by atoms with Gasteiger partial charge in [-0.1, -0.05) is 0 Å². The highest BCUT2D eigenvalue weighted by molar-refractivity contribution is 5.76. The van der Waals surface area contributed by atoms with Gasteiger partial charge >= 0.3 is 5.97 Å². The summed E-state index contributed by atoms with van der Waals surface area (Å²) in [5, 5.41) is 22.7. The van der Waals surface area contributed by atoms with Gasteiger partial charge in [0, 0.05) is 49.9 Å². The van der Waals surface area contributed by atoms with Crippen LogP contribution < -0.4 is 5.32 Å². The van der Waals surface area contributed by atoms with E-state index in [0.29, 0.717) is 32.5 Å². The SMILES string of the molecule is CN(CC(=O)O)C1CCCN(C(=O)CCCNc2ccc([N+](=O)[O-])cc2)CC1. The summed E-state index contributed by atoms with van der Waals surface area (Å²) in [7, 11) is 1.82. The maximum Gasteiger partial charge on any atom is 0.317 e. The van der Waals surface area contributed by atoms with E-state index >= 15 is 0 Å². The Morgan fingerprint density at radius 1 is 1.29 bits per heavy atom. The maximum atomic E-state index is 12.5. The largest absolute Gasteiger partial charge is 0.480 e. The quantitative estimate of drug-likeness (QED) is 0.376. The maximum absolute atomic E-state index is 12.5. The average Bonchev–Trinajstić information content (AvgIpc) is 2.91. The van der Waals surface area contributed by atoms with Gasteiger partial charge in [-0.3, -0.25) is 24.6 Å². The highest BCUT2D eigenvalue weighted by Crippen LogP contribution is 2.17. The third-order valence-corrected chi connectivity index (χ3v) is 5.03. The fourth-order valence-corrected chi connectivity index (χ4v) is 3.44. The number of anilines is 1. The van der Waals surface area contributed by atoms with Crippen molar-refractivity contribution in [2.24, 2.45) is 0 Å². The van der Waals surface area contributed by atoms with Crippen molar-refractivity contribution >= 4 is 23.3 Å². The van der Waals surface area contributed by atoms with Gasteiger partial charge in [0.15, 0.2) is 0 Å². The van der Waals surface area contributed by atoms with Gasteiger partial charge in [-0.2, -0.15) is 0 Å². The number of nitro benzene ring substituents is 1. The van der Waals surface area contributed by atoms with E-state index in [2.05, 4.69) is 5.32 Å². The zero-order chi connectivity index (χ0) is 20.5. The molecule has 0 aliphatic carbocycles. The average molecular weight is 392 g/mol. The van der Waals surface area contributed by atoms with Crippen LogP contribution in [-0.4, -0.2) is 71.0 Å². The lowest BCUT2D eigenvalue weighted by Crippen LogP contribution is -2.37. The van der Waals surface area contributed by atoms with Gasteiger partial charge in [0.1, 0.15) is 0 Å². The molecule has 0 bridgehead atoms. The Kier molecular flexibility index (Phi) is 8.19. The first-order valence-electron chi connectivity index (χ1n) is 9.55. The Labute approximate surface area is 164 Å². The number of likely N-dealkylation sites (N-methyl/N-ethyl adjacent to an activating group) is 1. The molecule has 1 aromatic rings. The fraction of sp³-hybridized carbons (Fsp3) is 0.579. The van der Waals surface area contributed by atoms with E-state index in [-0.39, 0.29) is 24.2 Å². The molecule has 1 aliphatic rings. The molecule has 1 aliphatic heterocycles. The third kappa shape index (κ3) is 6.80. The molecule has 1 heterocycles. The summed E-state index contributed by atoms with van der Waals surface area (Å²) in [5.41, 5.74) is 0.839. The van der Waals surface area contributed by atoms with Gasteiger partial charge in [0.2, 0.25) is 5.91 Å². The number of rotatable bonds is 9. The predicted molar refractivity (Wildman–Crippen MR) is 105 cm³/mol. The van der Waals surface area contributed by atoms with Gasteiger partial charge in [0.25, 0.3) is 5.69 Å². The van der Waals surface area contributed by atoms with Crippen LogP contribution in [0.1, 0.15) is 32.1 Å². The first-order valence-corrected chi connectivity index (χ1v) is 9.55. The number of likely N-dealkylation sites (tertiary alicyclic amines) is 1. The van der Waals surface area contributed by atoms with Crippen LogP contribution in [0.2, 0.25) is 0 Å². The van der Waals surface area contributed by atoms with Gasteiger partial charge < -0.3 is 15.3 Å². The molecule has 2 rings (SSSR count). The Morgan fingerprint density at radius 3 is 2.64 bits per heavy atom. The summed E-state index contributed by atoms with van der Waals surface area (Å²) in [5.74, 6) is -0.716. The number of nitrogens with one attached hydrogen (secondary N) is 1. The second-order valence-corrected chi connectivity index (χ2v) is 7.11. The summed E-state index contributed by atoms with van der Waals surface area (Å²) in [4.78, 5) is 37.2. The zero-order valence-corrected chi connectivity index (χ0v) is 16.2. The second kappa shape index (κ2) is 10.6. The molecule has 0 radical (unpaired) electrons. The lowest BCUT2D eigenvalue weighted by molar-refractivity contribution is -0.384. The molecular formula is C19H28N4O5. The second-order valence-electron chi connectivity index (χ2n) is 7.11. The van der Waals surface area contributed by atoms with Gasteiger partial charge in [-0.05, 0) is 44.9 Å². The standard InChI is InChI=1S/C19H28N4O5/c1-21(14-19(25)26)16-4-3-12-22(13-10-16)18(24)5-2-11-20-15-6-8-17(9-7-15)23(27)28/h6-9,16,20H,2-5,10-14H2,1H3,(H,25,26). The number of aliphatic carboxylic acids is 1. The predicted octanol–water partition coefficient (Wildman–Crippen LogP) is 2.18. The molecular weight excluding hydrogens is 364 g/mol. The van der Waals surface area contributed by atoms with Crippen LogP contribution in [0.3, 0.4) is 0 Å². The highest BCUT2D eigenvalue weighted by atomic mass is 16.6. The van der Waals surface area contributed by atoms with Crippen molar-refractivity contribution in [1.82, 2.24) is 9.80 Å². The smallest absolute Gasteiger partial charge is 0.317 e. The molecule has 1 atom stereocenters. The van der Waals surface area contributed by atoms with E-state index in [1.807, 2.05) is 16.8 Å². The number of carboxylic acid groups (broad SMARTS) is 1. The van der Waals surface area contributed by atoms with E-state index < -0.39 is 10.9 Å². The van der Waals surface area contributed by atoms with Crippen molar-refractivity contribution < 1.29 is 19.6 Å². The lowest BCUT2D eigenvalue weighted by Gasteiger charge is -2.25. The Morgan fingerprint density at radius 2 is 2.00 bits per heavy atom. The fourth-order valence-electron chi connectivity index (χ4n) is 3.44. The molecule has 0 aromatic heterocycles. The summed E-state index contributed by atoms with van der Waals surface area (Å²) in [6.45, 7) is 2.00. The first kappa shape index (κ1) is 21.6. The van der Waals surface area contributed by atoms with Crippen molar-refractivity contribution in [3.63, 3.8) is 0 Å². The Balaban J connectivity index is 1.70. The molecule has 0 saturated carbocycles. The number of hydrogen-bond acceptors (Lipinski definition) is 6. The molecule has 9 heteroatoms. The monoisotopic (exact) mass is 392 g/mol. The van der Waals surface area contributed by atoms with Crippen molar-refractivity contribution in [3.05, 3.63) is 34.4 Å². The third-order valence-electron chi connectivity index (χ3n) is 5.03. The number of amides is 1. The molecule has 1 saturated heterocycles. The van der Waals surface area contributed by atoms with Crippen LogP contribution in [0, 0.1) is 10.1 Å².